The Morgan fingerprint density at radius 2 is 1.89 bits per heavy atom. The van der Waals surface area contributed by atoms with Gasteiger partial charge in [-0.15, -0.1) is 0 Å². The van der Waals surface area contributed by atoms with E-state index in [1.54, 1.807) is 23.0 Å². The average Bonchev–Trinajstić information content (AvgIpc) is 3.51. The highest BCUT2D eigenvalue weighted by Gasteiger charge is 2.24. The number of amides is 1. The Hall–Kier alpha value is -4.47. The predicted octanol–water partition coefficient (Wildman–Crippen LogP) is 3.77. The number of aryl methyl sites for hydroxylation is 1. The molecule has 1 amide bonds. The number of nitrogens with one attached hydrogen (secondary N) is 1. The Balaban J connectivity index is 1.36. The highest BCUT2D eigenvalue weighted by molar-refractivity contribution is 5.90. The summed E-state index contributed by atoms with van der Waals surface area (Å²) >= 11 is 0. The maximum absolute atomic E-state index is 12.5. The number of rotatable bonds is 5. The smallest absolute Gasteiger partial charge is 0.292 e. The summed E-state index contributed by atoms with van der Waals surface area (Å²) in [6.45, 7) is 8.18. The van der Waals surface area contributed by atoms with Gasteiger partial charge in [-0.05, 0) is 36.2 Å². The molecule has 0 aliphatic heterocycles. The maximum Gasteiger partial charge on any atom is 0.292 e. The normalized spacial score (nSPS) is 11.7. The number of carbonyl (C=O) groups is 1. The van der Waals surface area contributed by atoms with E-state index in [0.29, 0.717) is 18.3 Å². The topological polar surface area (TPSA) is 124 Å². The first-order valence-electron chi connectivity index (χ1n) is 11.1. The van der Waals surface area contributed by atoms with E-state index < -0.39 is 0 Å². The fraction of sp³-hybridized carbons (Fsp3) is 0.240. The quantitative estimate of drug-likeness (QED) is 0.413. The largest absolute Gasteiger partial charge is 0.345 e. The summed E-state index contributed by atoms with van der Waals surface area (Å²) < 4.78 is 6.98. The third-order valence-corrected chi connectivity index (χ3v) is 5.56. The van der Waals surface area contributed by atoms with Crippen molar-refractivity contribution in [1.82, 2.24) is 40.0 Å². The molecule has 5 aromatic rings. The fourth-order valence-corrected chi connectivity index (χ4v) is 3.64. The number of benzene rings is 1. The summed E-state index contributed by atoms with van der Waals surface area (Å²) in [5.41, 5.74) is 5.11. The van der Waals surface area contributed by atoms with Gasteiger partial charge in [0.2, 0.25) is 5.89 Å². The molecule has 0 aliphatic rings. The van der Waals surface area contributed by atoms with Crippen LogP contribution in [0.15, 0.2) is 59.8 Å². The number of hydrogen-bond donors (Lipinski definition) is 1. The Labute approximate surface area is 201 Å². The highest BCUT2D eigenvalue weighted by Crippen LogP contribution is 2.28. The zero-order valence-corrected chi connectivity index (χ0v) is 19.9. The third kappa shape index (κ3) is 4.50. The van der Waals surface area contributed by atoms with Crippen LogP contribution in [0.3, 0.4) is 0 Å². The Morgan fingerprint density at radius 1 is 1.09 bits per heavy atom. The third-order valence-electron chi connectivity index (χ3n) is 5.56. The standard InChI is InChI=1S/C25H24N8O2/c1-15-10-16(6-7-17(15)12-28-23(34)22-31-24(35-32-22)25(2,3)4)20-19-11-18(13-33(19)30-14-29-20)21-26-8-5-9-27-21/h5-11,13-14H,12H2,1-4H3,(H,28,34). The first-order chi connectivity index (χ1) is 16.8. The minimum Gasteiger partial charge on any atom is -0.345 e. The molecule has 176 valence electrons. The molecule has 0 spiro atoms. The molecule has 0 fully saturated rings. The number of fused-ring (bicyclic) bond motifs is 1. The molecular weight excluding hydrogens is 444 g/mol. The van der Waals surface area contributed by atoms with E-state index in [0.717, 1.165) is 33.5 Å². The SMILES string of the molecule is Cc1cc(-c2ncnn3cc(-c4ncccn4)cc23)ccc1CNC(=O)c1noc(C(C)(C)C)n1. The second kappa shape index (κ2) is 8.71. The zero-order valence-electron chi connectivity index (χ0n) is 19.9. The van der Waals surface area contributed by atoms with Gasteiger partial charge in [-0.25, -0.2) is 19.5 Å². The van der Waals surface area contributed by atoms with Crippen molar-refractivity contribution in [3.8, 4) is 22.6 Å². The van der Waals surface area contributed by atoms with Crippen LogP contribution in [-0.4, -0.2) is 40.6 Å². The van der Waals surface area contributed by atoms with Crippen LogP contribution >= 0.6 is 0 Å². The Bertz CT molecular complexity index is 1520. The molecule has 0 saturated carbocycles. The van der Waals surface area contributed by atoms with Crippen LogP contribution in [0.25, 0.3) is 28.2 Å². The van der Waals surface area contributed by atoms with Crippen molar-refractivity contribution in [3.05, 3.63) is 78.1 Å². The van der Waals surface area contributed by atoms with Crippen LogP contribution < -0.4 is 5.32 Å². The van der Waals surface area contributed by atoms with Crippen molar-refractivity contribution >= 4 is 11.4 Å². The van der Waals surface area contributed by atoms with E-state index in [4.69, 9.17) is 4.52 Å². The molecule has 0 atom stereocenters. The maximum atomic E-state index is 12.5. The molecule has 4 heterocycles. The molecule has 0 saturated heterocycles. The van der Waals surface area contributed by atoms with E-state index in [9.17, 15) is 4.79 Å². The summed E-state index contributed by atoms with van der Waals surface area (Å²) in [6, 6.07) is 9.76. The van der Waals surface area contributed by atoms with E-state index in [-0.39, 0.29) is 17.1 Å². The predicted molar refractivity (Wildman–Crippen MR) is 128 cm³/mol. The van der Waals surface area contributed by atoms with Crippen molar-refractivity contribution in [2.45, 2.75) is 39.7 Å². The van der Waals surface area contributed by atoms with E-state index in [1.807, 2.05) is 58.2 Å². The summed E-state index contributed by atoms with van der Waals surface area (Å²) in [7, 11) is 0. The van der Waals surface area contributed by atoms with E-state index in [1.165, 1.54) is 6.33 Å². The molecule has 0 unspecified atom stereocenters. The second-order valence-electron chi connectivity index (χ2n) is 9.24. The monoisotopic (exact) mass is 468 g/mol. The molecule has 0 aliphatic carbocycles. The molecule has 1 aromatic carbocycles. The lowest BCUT2D eigenvalue weighted by molar-refractivity contribution is 0.0937. The zero-order chi connectivity index (χ0) is 24.6. The minimum atomic E-state index is -0.380. The van der Waals surface area contributed by atoms with Crippen molar-refractivity contribution in [1.29, 1.82) is 0 Å². The molecular formula is C25H24N8O2. The molecule has 1 N–H and O–H groups in total. The number of nitrogens with zero attached hydrogens (tertiary/aromatic N) is 7. The van der Waals surface area contributed by atoms with Crippen LogP contribution in [0.5, 0.6) is 0 Å². The minimum absolute atomic E-state index is 0.0269. The van der Waals surface area contributed by atoms with Crippen LogP contribution in [-0.2, 0) is 12.0 Å². The summed E-state index contributed by atoms with van der Waals surface area (Å²) in [4.78, 5) is 29.9. The van der Waals surface area contributed by atoms with Gasteiger partial charge < -0.3 is 9.84 Å². The lowest BCUT2D eigenvalue weighted by atomic mass is 9.97. The van der Waals surface area contributed by atoms with E-state index >= 15 is 0 Å². The van der Waals surface area contributed by atoms with E-state index in [2.05, 4.69) is 35.5 Å². The van der Waals surface area contributed by atoms with Crippen molar-refractivity contribution in [2.75, 3.05) is 0 Å². The second-order valence-corrected chi connectivity index (χ2v) is 9.24. The van der Waals surface area contributed by atoms with Gasteiger partial charge in [0.05, 0.1) is 11.2 Å². The molecule has 0 radical (unpaired) electrons. The van der Waals surface area contributed by atoms with Gasteiger partial charge >= 0.3 is 0 Å². The first-order valence-corrected chi connectivity index (χ1v) is 11.1. The summed E-state index contributed by atoms with van der Waals surface area (Å²) in [5.74, 6) is 0.697. The average molecular weight is 469 g/mol. The van der Waals surface area contributed by atoms with Gasteiger partial charge in [0.15, 0.2) is 5.82 Å². The summed E-state index contributed by atoms with van der Waals surface area (Å²) in [6.07, 6.45) is 6.83. The van der Waals surface area contributed by atoms with Crippen molar-refractivity contribution in [3.63, 3.8) is 0 Å². The fourth-order valence-electron chi connectivity index (χ4n) is 3.64. The van der Waals surface area contributed by atoms with Crippen molar-refractivity contribution < 1.29 is 9.32 Å². The Morgan fingerprint density at radius 3 is 2.60 bits per heavy atom. The number of aromatic nitrogens is 7. The van der Waals surface area contributed by atoms with Crippen molar-refractivity contribution in [2.24, 2.45) is 0 Å². The van der Waals surface area contributed by atoms with Gasteiger partial charge in [-0.3, -0.25) is 4.79 Å². The van der Waals surface area contributed by atoms with Crippen LogP contribution in [0.1, 0.15) is 48.4 Å². The Kier molecular flexibility index (Phi) is 5.56. The molecule has 35 heavy (non-hydrogen) atoms. The van der Waals surface area contributed by atoms with Gasteiger partial charge in [-0.2, -0.15) is 10.1 Å². The molecule has 5 rings (SSSR count). The van der Waals surface area contributed by atoms with Crippen LogP contribution in [0.2, 0.25) is 0 Å². The van der Waals surface area contributed by atoms with Crippen LogP contribution in [0, 0.1) is 6.92 Å². The van der Waals surface area contributed by atoms with Gasteiger partial charge in [0, 0.05) is 41.7 Å². The lowest BCUT2D eigenvalue weighted by Gasteiger charge is -2.10. The molecule has 10 nitrogen and oxygen atoms in total. The summed E-state index contributed by atoms with van der Waals surface area (Å²) in [5, 5.41) is 11.0. The van der Waals surface area contributed by atoms with Crippen LogP contribution in [0.4, 0.5) is 0 Å². The number of carbonyl (C=O) groups excluding carboxylic acids is 1. The highest BCUT2D eigenvalue weighted by atomic mass is 16.5. The van der Waals surface area contributed by atoms with Gasteiger partial charge in [0.1, 0.15) is 6.33 Å². The first kappa shape index (κ1) is 22.3. The van der Waals surface area contributed by atoms with Gasteiger partial charge in [0.25, 0.3) is 11.7 Å². The lowest BCUT2D eigenvalue weighted by Crippen LogP contribution is -2.24. The molecule has 0 bridgehead atoms. The molecule has 10 heteroatoms. The number of hydrogen-bond acceptors (Lipinski definition) is 8. The molecule has 4 aromatic heterocycles. The van der Waals surface area contributed by atoms with Gasteiger partial charge in [-0.1, -0.05) is 38.1 Å².